The molecule has 3 fully saturated rings. The first-order valence-electron chi connectivity index (χ1n) is 8.53. The SMILES string of the molecule is COC(=O)C[C@H]1C(=O)N(C)C(=O)[C@@H]1[C@@H]1C[C@@H]2CC[C@@]1(C)C2(C)C. The summed E-state index contributed by atoms with van der Waals surface area (Å²) in [4.78, 5) is 38.2. The van der Waals surface area contributed by atoms with Crippen LogP contribution in [0.15, 0.2) is 0 Å². The second-order valence-electron chi connectivity index (χ2n) is 8.36. The topological polar surface area (TPSA) is 63.7 Å². The third-order valence-corrected chi connectivity index (χ3v) is 7.61. The average Bonchev–Trinajstić information content (AvgIpc) is 2.94. The first kappa shape index (κ1) is 16.5. The van der Waals surface area contributed by atoms with E-state index in [1.807, 2.05) is 0 Å². The van der Waals surface area contributed by atoms with Crippen molar-refractivity contribution in [3.05, 3.63) is 0 Å². The Labute approximate surface area is 137 Å². The van der Waals surface area contributed by atoms with Crippen molar-refractivity contribution in [2.45, 2.75) is 46.5 Å². The lowest BCUT2D eigenvalue weighted by Crippen LogP contribution is -2.40. The van der Waals surface area contributed by atoms with Crippen molar-refractivity contribution >= 4 is 17.8 Å². The summed E-state index contributed by atoms with van der Waals surface area (Å²) in [5.41, 5.74) is 0.232. The van der Waals surface area contributed by atoms with E-state index < -0.39 is 11.9 Å². The van der Waals surface area contributed by atoms with Gasteiger partial charge in [0.15, 0.2) is 0 Å². The second kappa shape index (κ2) is 5.05. The van der Waals surface area contributed by atoms with Crippen molar-refractivity contribution < 1.29 is 19.1 Å². The Bertz CT molecular complexity index is 569. The van der Waals surface area contributed by atoms with Crippen LogP contribution < -0.4 is 0 Å². The van der Waals surface area contributed by atoms with Crippen LogP contribution in [-0.4, -0.2) is 36.8 Å². The van der Waals surface area contributed by atoms with Gasteiger partial charge < -0.3 is 4.74 Å². The summed E-state index contributed by atoms with van der Waals surface area (Å²) in [5, 5.41) is 0. The molecule has 5 heteroatoms. The van der Waals surface area contributed by atoms with Crippen molar-refractivity contribution in [3.63, 3.8) is 0 Å². The molecular formula is C18H27NO4. The zero-order valence-corrected chi connectivity index (χ0v) is 14.7. The van der Waals surface area contributed by atoms with Crippen molar-refractivity contribution in [1.82, 2.24) is 4.90 Å². The summed E-state index contributed by atoms with van der Waals surface area (Å²) in [6.45, 7) is 6.87. The minimum absolute atomic E-state index is 0.00769. The summed E-state index contributed by atoms with van der Waals surface area (Å²) in [6, 6.07) is 0. The molecule has 0 N–H and O–H groups in total. The minimum Gasteiger partial charge on any atom is -0.469 e. The Morgan fingerprint density at radius 1 is 1.26 bits per heavy atom. The Hall–Kier alpha value is -1.39. The lowest BCUT2D eigenvalue weighted by molar-refractivity contribution is -0.145. The van der Waals surface area contributed by atoms with E-state index in [-0.39, 0.29) is 40.9 Å². The number of imide groups is 1. The maximum absolute atomic E-state index is 12.8. The van der Waals surface area contributed by atoms with Gasteiger partial charge in [0.25, 0.3) is 0 Å². The number of ether oxygens (including phenoxy) is 1. The number of hydrogen-bond acceptors (Lipinski definition) is 4. The van der Waals surface area contributed by atoms with E-state index >= 15 is 0 Å². The van der Waals surface area contributed by atoms with E-state index in [1.165, 1.54) is 25.5 Å². The van der Waals surface area contributed by atoms with Crippen molar-refractivity contribution in [2.24, 2.45) is 34.5 Å². The number of fused-ring (bicyclic) bond motifs is 2. The standard InChI is InChI=1S/C18H27NO4/c1-17(2)10-6-7-18(17,3)12(8-10)14-11(9-13(20)23-5)15(21)19(4)16(14)22/h10-12,14H,6-9H2,1-5H3/t10-,11+,12-,14-,18+/m0/s1. The van der Waals surface area contributed by atoms with Gasteiger partial charge in [-0.2, -0.15) is 0 Å². The fourth-order valence-corrected chi connectivity index (χ4v) is 5.65. The highest BCUT2D eigenvalue weighted by molar-refractivity contribution is 6.06. The Morgan fingerprint density at radius 3 is 2.39 bits per heavy atom. The molecule has 0 aromatic carbocycles. The number of esters is 1. The van der Waals surface area contributed by atoms with Gasteiger partial charge in [-0.15, -0.1) is 0 Å². The lowest BCUT2D eigenvalue weighted by atomic mass is 9.61. The number of rotatable bonds is 3. The second-order valence-corrected chi connectivity index (χ2v) is 8.36. The lowest BCUT2D eigenvalue weighted by Gasteiger charge is -2.42. The molecule has 0 aromatic heterocycles. The molecule has 3 aliphatic rings. The van der Waals surface area contributed by atoms with Crippen molar-refractivity contribution in [1.29, 1.82) is 0 Å². The summed E-state index contributed by atoms with van der Waals surface area (Å²) < 4.78 is 4.75. The molecule has 0 unspecified atom stereocenters. The zero-order valence-electron chi connectivity index (χ0n) is 14.7. The van der Waals surface area contributed by atoms with Crippen LogP contribution in [0.3, 0.4) is 0 Å². The molecule has 2 saturated carbocycles. The van der Waals surface area contributed by atoms with Crippen LogP contribution in [0, 0.1) is 34.5 Å². The van der Waals surface area contributed by atoms with Gasteiger partial charge in [-0.3, -0.25) is 19.3 Å². The van der Waals surface area contributed by atoms with Crippen LogP contribution in [0.25, 0.3) is 0 Å². The number of methoxy groups -OCH3 is 1. The number of carbonyl (C=O) groups is 3. The molecule has 2 bridgehead atoms. The van der Waals surface area contributed by atoms with E-state index in [4.69, 9.17) is 4.74 Å². The quantitative estimate of drug-likeness (QED) is 0.591. The van der Waals surface area contributed by atoms with E-state index in [0.717, 1.165) is 12.8 Å². The van der Waals surface area contributed by atoms with Crippen molar-refractivity contribution in [2.75, 3.05) is 14.2 Å². The highest BCUT2D eigenvalue weighted by Gasteiger charge is 2.66. The maximum atomic E-state index is 12.8. The molecule has 0 radical (unpaired) electrons. The van der Waals surface area contributed by atoms with Gasteiger partial charge >= 0.3 is 5.97 Å². The Kier molecular flexibility index (Phi) is 3.62. The molecule has 0 aromatic rings. The molecule has 5 nitrogen and oxygen atoms in total. The van der Waals surface area contributed by atoms with Gasteiger partial charge in [0.1, 0.15) is 0 Å². The van der Waals surface area contributed by atoms with Gasteiger partial charge in [-0.05, 0) is 41.9 Å². The van der Waals surface area contributed by atoms with Crippen LogP contribution in [0.2, 0.25) is 0 Å². The molecular weight excluding hydrogens is 294 g/mol. The third-order valence-electron chi connectivity index (χ3n) is 7.61. The normalized spacial score (nSPS) is 41.7. The fourth-order valence-electron chi connectivity index (χ4n) is 5.65. The monoisotopic (exact) mass is 321 g/mol. The van der Waals surface area contributed by atoms with E-state index in [0.29, 0.717) is 5.92 Å². The summed E-state index contributed by atoms with van der Waals surface area (Å²) >= 11 is 0. The molecule has 0 spiro atoms. The highest BCUT2D eigenvalue weighted by atomic mass is 16.5. The van der Waals surface area contributed by atoms with Gasteiger partial charge in [0.05, 0.1) is 25.4 Å². The third kappa shape index (κ3) is 2.01. The predicted octanol–water partition coefficient (Wildman–Crippen LogP) is 2.24. The van der Waals surface area contributed by atoms with E-state index in [1.54, 1.807) is 0 Å². The average molecular weight is 321 g/mol. The van der Waals surface area contributed by atoms with Gasteiger partial charge in [0, 0.05) is 7.05 Å². The van der Waals surface area contributed by atoms with Crippen molar-refractivity contribution in [3.8, 4) is 0 Å². The van der Waals surface area contributed by atoms with E-state index in [2.05, 4.69) is 20.8 Å². The first-order chi connectivity index (χ1) is 10.6. The molecule has 3 rings (SSSR count). The van der Waals surface area contributed by atoms with Gasteiger partial charge in [-0.1, -0.05) is 20.8 Å². The molecule has 23 heavy (non-hydrogen) atoms. The molecule has 2 amide bonds. The zero-order chi connectivity index (χ0) is 17.2. The summed E-state index contributed by atoms with van der Waals surface area (Å²) in [7, 11) is 2.86. The highest BCUT2D eigenvalue weighted by Crippen LogP contribution is 2.70. The van der Waals surface area contributed by atoms with Crippen LogP contribution in [0.5, 0.6) is 0 Å². The van der Waals surface area contributed by atoms with Gasteiger partial charge in [-0.25, -0.2) is 0 Å². The number of carbonyl (C=O) groups excluding carboxylic acids is 3. The van der Waals surface area contributed by atoms with Crippen LogP contribution >= 0.6 is 0 Å². The molecule has 5 atom stereocenters. The van der Waals surface area contributed by atoms with Crippen LogP contribution in [0.1, 0.15) is 46.5 Å². The molecule has 128 valence electrons. The number of nitrogens with zero attached hydrogens (tertiary/aromatic N) is 1. The first-order valence-corrected chi connectivity index (χ1v) is 8.53. The van der Waals surface area contributed by atoms with Crippen LogP contribution in [0.4, 0.5) is 0 Å². The van der Waals surface area contributed by atoms with E-state index in [9.17, 15) is 14.4 Å². The largest absolute Gasteiger partial charge is 0.469 e. The number of hydrogen-bond donors (Lipinski definition) is 0. The Morgan fingerprint density at radius 2 is 1.91 bits per heavy atom. The molecule has 1 heterocycles. The maximum Gasteiger partial charge on any atom is 0.306 e. The summed E-state index contributed by atoms with van der Waals surface area (Å²) in [6.07, 6.45) is 3.29. The minimum atomic E-state index is -0.558. The summed E-state index contributed by atoms with van der Waals surface area (Å²) in [5.74, 6) is -0.910. The van der Waals surface area contributed by atoms with Crippen LogP contribution in [-0.2, 0) is 19.1 Å². The smallest absolute Gasteiger partial charge is 0.306 e. The molecule has 2 aliphatic carbocycles. The Balaban J connectivity index is 1.95. The molecule has 1 saturated heterocycles. The number of amides is 2. The predicted molar refractivity (Wildman–Crippen MR) is 84.1 cm³/mol. The molecule has 1 aliphatic heterocycles. The van der Waals surface area contributed by atoms with Gasteiger partial charge in [0.2, 0.25) is 11.8 Å². The number of likely N-dealkylation sites (tertiary alicyclic amines) is 1. The fraction of sp³-hybridized carbons (Fsp3) is 0.833.